The number of hydrogen-bond donors (Lipinski definition) is 0. The van der Waals surface area contributed by atoms with Crippen molar-refractivity contribution < 1.29 is 0 Å². The van der Waals surface area contributed by atoms with Gasteiger partial charge in [0, 0.05) is 5.56 Å². The summed E-state index contributed by atoms with van der Waals surface area (Å²) in [6, 6.07) is 15.8. The molecule has 6 nitrogen and oxygen atoms in total. The van der Waals surface area contributed by atoms with E-state index < -0.39 is 0 Å². The maximum Gasteiger partial charge on any atom is 0.182 e. The Morgan fingerprint density at radius 1 is 1.00 bits per heavy atom. The van der Waals surface area contributed by atoms with Gasteiger partial charge < -0.3 is 0 Å². The van der Waals surface area contributed by atoms with Gasteiger partial charge in [-0.25, -0.2) is 19.2 Å². The van der Waals surface area contributed by atoms with Crippen LogP contribution in [0.4, 0.5) is 0 Å². The average molecular weight is 375 g/mol. The summed E-state index contributed by atoms with van der Waals surface area (Å²) in [5.74, 6) is 0.664. The highest BCUT2D eigenvalue weighted by Crippen LogP contribution is 2.25. The van der Waals surface area contributed by atoms with Crippen LogP contribution in [0.5, 0.6) is 0 Å². The molecule has 2 aromatic carbocycles. The lowest BCUT2D eigenvalue weighted by Crippen LogP contribution is -1.99. The number of fused-ring (bicyclic) bond motifs is 3. The minimum atomic E-state index is 0.613. The summed E-state index contributed by atoms with van der Waals surface area (Å²) in [4.78, 5) is 9.25. The van der Waals surface area contributed by atoms with E-state index in [9.17, 15) is 0 Å². The molecule has 7 heteroatoms. The lowest BCUT2D eigenvalue weighted by atomic mass is 10.1. The van der Waals surface area contributed by atoms with Gasteiger partial charge in [0.1, 0.15) is 6.33 Å². The molecule has 3 heterocycles. The van der Waals surface area contributed by atoms with E-state index >= 15 is 0 Å². The van der Waals surface area contributed by atoms with E-state index in [-0.39, 0.29) is 0 Å². The Hall–Kier alpha value is -3.25. The molecule has 0 amide bonds. The topological polar surface area (TPSA) is 60.9 Å². The normalized spacial score (nSPS) is 11.5. The van der Waals surface area contributed by atoms with Crippen molar-refractivity contribution in [3.05, 3.63) is 71.6 Å². The zero-order valence-corrected chi connectivity index (χ0v) is 15.3. The molecule has 0 fully saturated rings. The van der Waals surface area contributed by atoms with E-state index in [0.29, 0.717) is 22.1 Å². The van der Waals surface area contributed by atoms with Crippen molar-refractivity contribution in [3.8, 4) is 17.1 Å². The average Bonchev–Trinajstić information content (AvgIpc) is 3.32. The largest absolute Gasteiger partial charge is 0.216 e. The van der Waals surface area contributed by atoms with E-state index in [1.807, 2.05) is 36.4 Å². The summed E-state index contributed by atoms with van der Waals surface area (Å²) in [6.07, 6.45) is 4.41. The van der Waals surface area contributed by atoms with Crippen LogP contribution in [0, 0.1) is 0 Å². The number of halogens is 1. The first-order valence-corrected chi connectivity index (χ1v) is 9.05. The van der Waals surface area contributed by atoms with Gasteiger partial charge in [-0.1, -0.05) is 54.9 Å². The van der Waals surface area contributed by atoms with Crippen molar-refractivity contribution in [2.45, 2.75) is 13.3 Å². The van der Waals surface area contributed by atoms with Crippen LogP contribution < -0.4 is 0 Å². The summed E-state index contributed by atoms with van der Waals surface area (Å²) < 4.78 is 3.41. The Bertz CT molecular complexity index is 1270. The van der Waals surface area contributed by atoms with Crippen molar-refractivity contribution in [3.63, 3.8) is 0 Å². The Kier molecular flexibility index (Phi) is 3.65. The van der Waals surface area contributed by atoms with E-state index in [1.165, 1.54) is 5.56 Å². The van der Waals surface area contributed by atoms with Gasteiger partial charge in [-0.05, 0) is 24.1 Å². The molecule has 0 radical (unpaired) electrons. The van der Waals surface area contributed by atoms with Crippen LogP contribution in [0.3, 0.4) is 0 Å². The van der Waals surface area contributed by atoms with E-state index in [2.05, 4.69) is 34.2 Å². The molecule has 0 aliphatic heterocycles. The van der Waals surface area contributed by atoms with Crippen molar-refractivity contribution >= 4 is 28.3 Å². The van der Waals surface area contributed by atoms with Gasteiger partial charge in [-0.15, -0.1) is 5.10 Å². The summed E-state index contributed by atoms with van der Waals surface area (Å²) in [7, 11) is 0. The SMILES string of the molecule is CCc1ccc(-c2nc3c4cnn(-c5ccccc5Cl)c4ncn3n2)cc1. The molecule has 5 aromatic rings. The second-order valence-electron chi connectivity index (χ2n) is 6.24. The lowest BCUT2D eigenvalue weighted by molar-refractivity contribution is 0.883. The second-order valence-corrected chi connectivity index (χ2v) is 6.65. The summed E-state index contributed by atoms with van der Waals surface area (Å²) in [6.45, 7) is 2.14. The fourth-order valence-electron chi connectivity index (χ4n) is 3.13. The van der Waals surface area contributed by atoms with Gasteiger partial charge in [0.05, 0.1) is 22.3 Å². The molecule has 132 valence electrons. The van der Waals surface area contributed by atoms with Crippen LogP contribution in [0.15, 0.2) is 61.1 Å². The molecule has 0 bridgehead atoms. The predicted octanol–water partition coefficient (Wildman–Crippen LogP) is 4.35. The Morgan fingerprint density at radius 2 is 1.81 bits per heavy atom. The first-order valence-electron chi connectivity index (χ1n) is 8.68. The fraction of sp³-hybridized carbons (Fsp3) is 0.100. The number of aryl methyl sites for hydroxylation is 1. The van der Waals surface area contributed by atoms with Crippen molar-refractivity contribution in [2.24, 2.45) is 0 Å². The molecule has 0 aliphatic rings. The van der Waals surface area contributed by atoms with Crippen LogP contribution in [-0.2, 0) is 6.42 Å². The monoisotopic (exact) mass is 374 g/mol. The molecule has 27 heavy (non-hydrogen) atoms. The van der Waals surface area contributed by atoms with Crippen molar-refractivity contribution in [1.29, 1.82) is 0 Å². The molecule has 3 aromatic heterocycles. The summed E-state index contributed by atoms with van der Waals surface area (Å²) >= 11 is 6.32. The van der Waals surface area contributed by atoms with Crippen molar-refractivity contribution in [2.75, 3.05) is 0 Å². The van der Waals surface area contributed by atoms with Crippen LogP contribution in [0.25, 0.3) is 33.8 Å². The fourth-order valence-corrected chi connectivity index (χ4v) is 3.35. The number of para-hydroxylation sites is 1. The van der Waals surface area contributed by atoms with E-state index in [0.717, 1.165) is 23.1 Å². The first-order chi connectivity index (χ1) is 13.2. The Labute approximate surface area is 160 Å². The van der Waals surface area contributed by atoms with Crippen LogP contribution in [0.2, 0.25) is 5.02 Å². The Morgan fingerprint density at radius 3 is 2.59 bits per heavy atom. The molecule has 0 spiro atoms. The molecule has 0 atom stereocenters. The highest BCUT2D eigenvalue weighted by atomic mass is 35.5. The highest BCUT2D eigenvalue weighted by Gasteiger charge is 2.15. The third-order valence-corrected chi connectivity index (χ3v) is 4.93. The van der Waals surface area contributed by atoms with Gasteiger partial charge in [0.2, 0.25) is 0 Å². The summed E-state index contributed by atoms with van der Waals surface area (Å²) in [5.41, 5.74) is 4.44. The molecular formula is C20H15ClN6. The number of nitrogens with zero attached hydrogens (tertiary/aromatic N) is 6. The third-order valence-electron chi connectivity index (χ3n) is 4.61. The second kappa shape index (κ2) is 6.17. The molecule has 0 N–H and O–H groups in total. The van der Waals surface area contributed by atoms with Gasteiger partial charge in [-0.2, -0.15) is 5.10 Å². The molecule has 0 aliphatic carbocycles. The Balaban J connectivity index is 1.67. The maximum absolute atomic E-state index is 6.32. The number of rotatable bonds is 3. The minimum absolute atomic E-state index is 0.613. The molecule has 0 saturated heterocycles. The zero-order chi connectivity index (χ0) is 18.4. The molecule has 0 saturated carbocycles. The zero-order valence-electron chi connectivity index (χ0n) is 14.5. The first kappa shape index (κ1) is 16.0. The summed E-state index contributed by atoms with van der Waals surface area (Å²) in [5, 5.41) is 10.5. The minimum Gasteiger partial charge on any atom is -0.216 e. The van der Waals surface area contributed by atoms with Gasteiger partial charge in [-0.3, -0.25) is 0 Å². The highest BCUT2D eigenvalue weighted by molar-refractivity contribution is 6.32. The third kappa shape index (κ3) is 2.57. The lowest BCUT2D eigenvalue weighted by Gasteiger charge is -2.04. The van der Waals surface area contributed by atoms with Crippen LogP contribution >= 0.6 is 11.6 Å². The smallest absolute Gasteiger partial charge is 0.182 e. The quantitative estimate of drug-likeness (QED) is 0.471. The van der Waals surface area contributed by atoms with Gasteiger partial charge in [0.15, 0.2) is 17.1 Å². The molecule has 5 rings (SSSR count). The van der Waals surface area contributed by atoms with Crippen molar-refractivity contribution in [1.82, 2.24) is 29.4 Å². The predicted molar refractivity (Wildman–Crippen MR) is 105 cm³/mol. The number of benzene rings is 2. The number of hydrogen-bond acceptors (Lipinski definition) is 4. The maximum atomic E-state index is 6.32. The van der Waals surface area contributed by atoms with E-state index in [1.54, 1.807) is 21.7 Å². The molecular weight excluding hydrogens is 360 g/mol. The van der Waals surface area contributed by atoms with Gasteiger partial charge in [0.25, 0.3) is 0 Å². The standard InChI is InChI=1S/C20H15ClN6/c1-2-13-7-9-14(10-8-13)18-24-20-15-11-23-27(17-6-4-3-5-16(17)21)19(15)22-12-26(20)25-18/h3-12H,2H2,1H3. The van der Waals surface area contributed by atoms with E-state index in [4.69, 9.17) is 16.6 Å². The van der Waals surface area contributed by atoms with Crippen LogP contribution in [-0.4, -0.2) is 29.4 Å². The number of aromatic nitrogens is 6. The van der Waals surface area contributed by atoms with Gasteiger partial charge >= 0.3 is 0 Å². The molecule has 0 unspecified atom stereocenters. The van der Waals surface area contributed by atoms with Crippen LogP contribution in [0.1, 0.15) is 12.5 Å².